The maximum Gasteiger partial charge on any atom is 0.307 e. The van der Waals surface area contributed by atoms with Crippen LogP contribution in [0.15, 0.2) is 17.5 Å². The number of hydrogen-bond donors (Lipinski definition) is 2. The van der Waals surface area contributed by atoms with E-state index in [-0.39, 0.29) is 12.2 Å². The molecule has 0 aliphatic heterocycles. The van der Waals surface area contributed by atoms with Crippen LogP contribution in [0.1, 0.15) is 5.56 Å². The number of methoxy groups -OCH3 is 1. The van der Waals surface area contributed by atoms with Crippen molar-refractivity contribution in [3.8, 4) is 11.5 Å². The first-order valence-electron chi connectivity index (χ1n) is 4.60. The van der Waals surface area contributed by atoms with Gasteiger partial charge in [0.25, 0.3) is 0 Å². The summed E-state index contributed by atoms with van der Waals surface area (Å²) in [4.78, 5) is 10.7. The number of rotatable bonds is 3. The van der Waals surface area contributed by atoms with E-state index >= 15 is 0 Å². The van der Waals surface area contributed by atoms with Gasteiger partial charge in [0.05, 0.1) is 13.5 Å². The molecule has 84 valence electrons. The van der Waals surface area contributed by atoms with Crippen LogP contribution in [0, 0.1) is 0 Å². The standard InChI is InChI=1S/C11H10O4S/c1-15-8-3-7(12)4-9-11(8)6(5-16-9)2-10(13)14/h3-5,12H,2H2,1H3,(H,13,14). The highest BCUT2D eigenvalue weighted by Crippen LogP contribution is 2.37. The van der Waals surface area contributed by atoms with E-state index in [1.165, 1.54) is 24.5 Å². The summed E-state index contributed by atoms with van der Waals surface area (Å²) in [6.07, 6.45) is -0.0405. The molecule has 0 amide bonds. The summed E-state index contributed by atoms with van der Waals surface area (Å²) in [6, 6.07) is 3.09. The van der Waals surface area contributed by atoms with Crippen molar-refractivity contribution < 1.29 is 19.7 Å². The lowest BCUT2D eigenvalue weighted by atomic mass is 10.1. The molecule has 2 aromatic rings. The van der Waals surface area contributed by atoms with Gasteiger partial charge in [0.2, 0.25) is 0 Å². The number of aliphatic carboxylic acids is 1. The van der Waals surface area contributed by atoms with Crippen LogP contribution in [0.25, 0.3) is 10.1 Å². The Morgan fingerprint density at radius 3 is 2.88 bits per heavy atom. The smallest absolute Gasteiger partial charge is 0.307 e. The van der Waals surface area contributed by atoms with Crippen LogP contribution in [-0.2, 0) is 11.2 Å². The van der Waals surface area contributed by atoms with Gasteiger partial charge in [0.1, 0.15) is 11.5 Å². The number of carboxylic acids is 1. The number of phenols is 1. The molecule has 4 nitrogen and oxygen atoms in total. The van der Waals surface area contributed by atoms with Gasteiger partial charge in [-0.1, -0.05) is 0 Å². The predicted molar refractivity (Wildman–Crippen MR) is 61.4 cm³/mol. The van der Waals surface area contributed by atoms with E-state index in [4.69, 9.17) is 9.84 Å². The van der Waals surface area contributed by atoms with Crippen molar-refractivity contribution in [1.29, 1.82) is 0 Å². The number of hydrogen-bond acceptors (Lipinski definition) is 4. The molecule has 5 heteroatoms. The fraction of sp³-hybridized carbons (Fsp3) is 0.182. The highest BCUT2D eigenvalue weighted by Gasteiger charge is 2.13. The molecule has 0 saturated heterocycles. The summed E-state index contributed by atoms with van der Waals surface area (Å²) in [5.41, 5.74) is 0.712. The summed E-state index contributed by atoms with van der Waals surface area (Å²) >= 11 is 1.40. The molecule has 1 aromatic carbocycles. The van der Waals surface area contributed by atoms with Crippen LogP contribution in [0.2, 0.25) is 0 Å². The minimum atomic E-state index is -0.880. The molecule has 0 atom stereocenters. The molecule has 0 spiro atoms. The summed E-state index contributed by atoms with van der Waals surface area (Å²) in [7, 11) is 1.50. The minimum absolute atomic E-state index is 0.0405. The van der Waals surface area contributed by atoms with Crippen LogP contribution < -0.4 is 4.74 Å². The van der Waals surface area contributed by atoms with Crippen molar-refractivity contribution in [2.45, 2.75) is 6.42 Å². The average molecular weight is 238 g/mol. The second-order valence-corrected chi connectivity index (χ2v) is 4.26. The third kappa shape index (κ3) is 1.81. The lowest BCUT2D eigenvalue weighted by Crippen LogP contribution is -1.99. The third-order valence-corrected chi connectivity index (χ3v) is 3.24. The van der Waals surface area contributed by atoms with E-state index in [1.807, 2.05) is 0 Å². The molecular formula is C11H10O4S. The number of carboxylic acid groups (broad SMARTS) is 1. The van der Waals surface area contributed by atoms with Gasteiger partial charge in [0, 0.05) is 16.2 Å². The number of thiophene rings is 1. The molecule has 0 unspecified atom stereocenters. The van der Waals surface area contributed by atoms with Crippen molar-refractivity contribution >= 4 is 27.4 Å². The zero-order valence-electron chi connectivity index (χ0n) is 8.56. The molecule has 0 aliphatic rings. The van der Waals surface area contributed by atoms with Gasteiger partial charge < -0.3 is 14.9 Å². The number of aromatic hydroxyl groups is 1. The molecule has 0 saturated carbocycles. The fourth-order valence-electron chi connectivity index (χ4n) is 1.63. The van der Waals surface area contributed by atoms with Gasteiger partial charge >= 0.3 is 5.97 Å². The van der Waals surface area contributed by atoms with Crippen molar-refractivity contribution in [2.75, 3.05) is 7.11 Å². The second kappa shape index (κ2) is 4.02. The monoisotopic (exact) mass is 238 g/mol. The van der Waals surface area contributed by atoms with Gasteiger partial charge in [-0.15, -0.1) is 11.3 Å². The quantitative estimate of drug-likeness (QED) is 0.860. The Morgan fingerprint density at radius 1 is 1.50 bits per heavy atom. The van der Waals surface area contributed by atoms with Crippen molar-refractivity contribution in [2.24, 2.45) is 0 Å². The van der Waals surface area contributed by atoms with Gasteiger partial charge in [-0.3, -0.25) is 4.79 Å². The predicted octanol–water partition coefficient (Wildman–Crippen LogP) is 2.24. The van der Waals surface area contributed by atoms with Gasteiger partial charge in [-0.05, 0) is 17.0 Å². The number of carbonyl (C=O) groups is 1. The molecule has 0 fully saturated rings. The largest absolute Gasteiger partial charge is 0.508 e. The molecule has 0 radical (unpaired) electrons. The number of benzene rings is 1. The first kappa shape index (κ1) is 10.8. The van der Waals surface area contributed by atoms with Gasteiger partial charge in [0.15, 0.2) is 0 Å². The summed E-state index contributed by atoms with van der Waals surface area (Å²) in [5.74, 6) is -0.254. The van der Waals surface area contributed by atoms with E-state index in [9.17, 15) is 9.90 Å². The van der Waals surface area contributed by atoms with Crippen LogP contribution in [0.3, 0.4) is 0 Å². The first-order chi connectivity index (χ1) is 7.61. The Hall–Kier alpha value is -1.75. The lowest BCUT2D eigenvalue weighted by Gasteiger charge is -2.04. The van der Waals surface area contributed by atoms with Gasteiger partial charge in [-0.25, -0.2) is 0 Å². The zero-order chi connectivity index (χ0) is 11.7. The molecule has 1 aromatic heterocycles. The first-order valence-corrected chi connectivity index (χ1v) is 5.48. The number of ether oxygens (including phenoxy) is 1. The number of phenolic OH excluding ortho intramolecular Hbond substituents is 1. The summed E-state index contributed by atoms with van der Waals surface area (Å²) in [5, 5.41) is 20.8. The molecule has 16 heavy (non-hydrogen) atoms. The Bertz CT molecular complexity index is 544. The zero-order valence-corrected chi connectivity index (χ0v) is 9.37. The van der Waals surface area contributed by atoms with Crippen molar-refractivity contribution in [3.05, 3.63) is 23.1 Å². The maximum atomic E-state index is 10.7. The van der Waals surface area contributed by atoms with E-state index < -0.39 is 5.97 Å². The lowest BCUT2D eigenvalue weighted by molar-refractivity contribution is -0.136. The van der Waals surface area contributed by atoms with E-state index in [1.54, 1.807) is 11.4 Å². The maximum absolute atomic E-state index is 10.7. The summed E-state index contributed by atoms with van der Waals surface area (Å²) < 4.78 is 5.97. The minimum Gasteiger partial charge on any atom is -0.508 e. The van der Waals surface area contributed by atoms with E-state index in [0.29, 0.717) is 11.3 Å². The van der Waals surface area contributed by atoms with E-state index in [2.05, 4.69) is 0 Å². The normalized spacial score (nSPS) is 10.6. The topological polar surface area (TPSA) is 66.8 Å². The highest BCUT2D eigenvalue weighted by atomic mass is 32.1. The Labute approximate surface area is 95.7 Å². The SMILES string of the molecule is COc1cc(O)cc2scc(CC(=O)O)c12. The number of fused-ring (bicyclic) bond motifs is 1. The van der Waals surface area contributed by atoms with Crippen LogP contribution in [0.5, 0.6) is 11.5 Å². The van der Waals surface area contributed by atoms with Crippen LogP contribution in [-0.4, -0.2) is 23.3 Å². The Balaban J connectivity index is 2.64. The van der Waals surface area contributed by atoms with Crippen LogP contribution >= 0.6 is 11.3 Å². The molecule has 0 aliphatic carbocycles. The second-order valence-electron chi connectivity index (χ2n) is 3.35. The molecule has 0 bridgehead atoms. The molecule has 2 rings (SSSR count). The van der Waals surface area contributed by atoms with Gasteiger partial charge in [-0.2, -0.15) is 0 Å². The Kier molecular flexibility index (Phi) is 2.70. The fourth-order valence-corrected chi connectivity index (χ4v) is 2.64. The molecule has 1 heterocycles. The third-order valence-electron chi connectivity index (χ3n) is 2.26. The Morgan fingerprint density at radius 2 is 2.25 bits per heavy atom. The summed E-state index contributed by atoms with van der Waals surface area (Å²) in [6.45, 7) is 0. The van der Waals surface area contributed by atoms with Crippen molar-refractivity contribution in [3.63, 3.8) is 0 Å². The van der Waals surface area contributed by atoms with E-state index in [0.717, 1.165) is 10.1 Å². The van der Waals surface area contributed by atoms with Crippen LogP contribution in [0.4, 0.5) is 0 Å². The molecule has 2 N–H and O–H groups in total. The molecular weight excluding hydrogens is 228 g/mol. The van der Waals surface area contributed by atoms with Crippen molar-refractivity contribution in [1.82, 2.24) is 0 Å². The average Bonchev–Trinajstić information content (AvgIpc) is 2.59. The highest BCUT2D eigenvalue weighted by molar-refractivity contribution is 7.17.